The molecule has 0 aliphatic carbocycles. The summed E-state index contributed by atoms with van der Waals surface area (Å²) >= 11 is 0. The van der Waals surface area contributed by atoms with Crippen LogP contribution in [0, 0.1) is 30.2 Å². The predicted octanol–water partition coefficient (Wildman–Crippen LogP) is 5.06. The van der Waals surface area contributed by atoms with Gasteiger partial charge in [0, 0.05) is 24.8 Å². The molecule has 0 bridgehead atoms. The van der Waals surface area contributed by atoms with Crippen molar-refractivity contribution in [3.8, 4) is 0 Å². The van der Waals surface area contributed by atoms with Crippen molar-refractivity contribution in [2.75, 3.05) is 0 Å². The van der Waals surface area contributed by atoms with Gasteiger partial charge in [-0.15, -0.1) is 0 Å². The number of ketones is 2. The highest BCUT2D eigenvalue weighted by Crippen LogP contribution is 2.37. The Bertz CT molecular complexity index is 949. The minimum Gasteiger partial charge on any atom is -0.300 e. The summed E-state index contributed by atoms with van der Waals surface area (Å²) < 4.78 is 93.0. The molecule has 0 fully saturated rings. The van der Waals surface area contributed by atoms with Crippen LogP contribution in [0.5, 0.6) is 0 Å². The molecule has 0 aliphatic heterocycles. The topological polar surface area (TPSA) is 34.1 Å². The van der Waals surface area contributed by atoms with Crippen LogP contribution in [0.4, 0.5) is 30.7 Å². The van der Waals surface area contributed by atoms with Crippen LogP contribution in [0.3, 0.4) is 0 Å². The highest BCUT2D eigenvalue weighted by atomic mass is 19.4. The van der Waals surface area contributed by atoms with E-state index in [9.17, 15) is 40.3 Å². The average Bonchev–Trinajstić information content (AvgIpc) is 2.54. The average molecular weight is 420 g/mol. The van der Waals surface area contributed by atoms with E-state index in [1.54, 1.807) is 19.1 Å². The number of alkyl halides is 3. The number of aryl methyl sites for hydroxylation is 1. The second-order valence-electron chi connectivity index (χ2n) is 6.71. The van der Waals surface area contributed by atoms with Crippen LogP contribution in [0.25, 0.3) is 0 Å². The van der Waals surface area contributed by atoms with Gasteiger partial charge in [0.05, 0.1) is 0 Å². The fourth-order valence-corrected chi connectivity index (χ4v) is 3.01. The maximum atomic E-state index is 13.9. The number of rotatable bonds is 6. The Morgan fingerprint density at radius 1 is 0.793 bits per heavy atom. The third-order valence-corrected chi connectivity index (χ3v) is 4.06. The molecule has 0 atom stereocenters. The zero-order valence-electron chi connectivity index (χ0n) is 15.3. The van der Waals surface area contributed by atoms with E-state index in [4.69, 9.17) is 0 Å². The Labute approximate surface area is 161 Å². The smallest absolute Gasteiger partial charge is 0.300 e. The molecule has 2 aromatic rings. The van der Waals surface area contributed by atoms with E-state index in [1.165, 1.54) is 13.0 Å². The Morgan fingerprint density at radius 3 is 1.72 bits per heavy atom. The first-order valence-electron chi connectivity index (χ1n) is 8.33. The van der Waals surface area contributed by atoms with Crippen LogP contribution >= 0.6 is 0 Å². The molecule has 9 heteroatoms. The van der Waals surface area contributed by atoms with Gasteiger partial charge in [0.25, 0.3) is 0 Å². The number of hydrogen-bond acceptors (Lipinski definition) is 2. The van der Waals surface area contributed by atoms with E-state index in [0.29, 0.717) is 16.7 Å². The monoisotopic (exact) mass is 420 g/mol. The molecule has 0 unspecified atom stereocenters. The third kappa shape index (κ3) is 5.21. The van der Waals surface area contributed by atoms with Crippen molar-refractivity contribution in [2.24, 2.45) is 0 Å². The van der Waals surface area contributed by atoms with Crippen LogP contribution in [0.1, 0.15) is 34.7 Å². The summed E-state index contributed by atoms with van der Waals surface area (Å²) in [4.78, 5) is 23.4. The molecular weight excluding hydrogens is 405 g/mol. The number of Topliss-reactive ketones (excluding diaryl/α,β-unsaturated/α-hetero) is 2. The van der Waals surface area contributed by atoms with Gasteiger partial charge in [0.2, 0.25) is 0 Å². The molecule has 2 nitrogen and oxygen atoms in total. The van der Waals surface area contributed by atoms with Crippen LogP contribution in [0.15, 0.2) is 18.2 Å². The molecular formula is C20H15F7O2. The van der Waals surface area contributed by atoms with Gasteiger partial charge in [0.15, 0.2) is 23.3 Å². The summed E-state index contributed by atoms with van der Waals surface area (Å²) in [6.07, 6.45) is -7.08. The SMILES string of the molecule is CC(=O)Cc1cc(C)cc(CC(=O)Cc2c(F)c(F)c(C(F)(F)F)c(F)c2F)c1. The molecule has 0 spiro atoms. The Balaban J connectivity index is 2.33. The molecule has 156 valence electrons. The van der Waals surface area contributed by atoms with E-state index < -0.39 is 59.2 Å². The Kier molecular flexibility index (Phi) is 6.50. The molecule has 29 heavy (non-hydrogen) atoms. The van der Waals surface area contributed by atoms with Gasteiger partial charge in [0.1, 0.15) is 17.1 Å². The van der Waals surface area contributed by atoms with Crippen molar-refractivity contribution >= 4 is 11.6 Å². The lowest BCUT2D eigenvalue weighted by Gasteiger charge is -2.14. The minimum atomic E-state index is -5.65. The first-order chi connectivity index (χ1) is 13.3. The molecule has 0 saturated carbocycles. The standard InChI is InChI=1S/C20H15F7O2/c1-9-3-11(5-10(2)28)6-12(4-9)7-13(29)8-14-16(21)18(23)15(20(25,26)27)19(24)17(14)22/h3-4,6H,5,7-8H2,1-2H3. The minimum absolute atomic E-state index is 0.0987. The molecule has 2 aromatic carbocycles. The Morgan fingerprint density at radius 2 is 1.28 bits per heavy atom. The van der Waals surface area contributed by atoms with Crippen LogP contribution in [-0.2, 0) is 35.0 Å². The lowest BCUT2D eigenvalue weighted by atomic mass is 9.96. The van der Waals surface area contributed by atoms with Crippen LogP contribution < -0.4 is 0 Å². The Hall–Kier alpha value is -2.71. The second kappa shape index (κ2) is 8.34. The second-order valence-corrected chi connectivity index (χ2v) is 6.71. The fourth-order valence-electron chi connectivity index (χ4n) is 3.01. The maximum Gasteiger partial charge on any atom is 0.422 e. The molecule has 2 rings (SSSR count). The molecule has 0 radical (unpaired) electrons. The van der Waals surface area contributed by atoms with Gasteiger partial charge in [-0.3, -0.25) is 9.59 Å². The molecule has 0 saturated heterocycles. The predicted molar refractivity (Wildman–Crippen MR) is 89.3 cm³/mol. The van der Waals surface area contributed by atoms with Gasteiger partial charge < -0.3 is 0 Å². The van der Waals surface area contributed by atoms with Crippen molar-refractivity contribution in [3.05, 3.63) is 69.3 Å². The molecule has 0 aliphatic rings. The first-order valence-corrected chi connectivity index (χ1v) is 8.33. The van der Waals surface area contributed by atoms with Gasteiger partial charge in [-0.1, -0.05) is 23.8 Å². The van der Waals surface area contributed by atoms with Gasteiger partial charge in [-0.25, -0.2) is 17.6 Å². The van der Waals surface area contributed by atoms with E-state index in [1.807, 2.05) is 0 Å². The maximum absolute atomic E-state index is 13.9. The fraction of sp³-hybridized carbons (Fsp3) is 0.300. The summed E-state index contributed by atoms with van der Waals surface area (Å²) in [5.41, 5.74) is -2.40. The molecule has 0 aromatic heterocycles. The summed E-state index contributed by atoms with van der Waals surface area (Å²) in [6.45, 7) is 3.06. The number of halogens is 7. The van der Waals surface area contributed by atoms with Crippen molar-refractivity contribution in [3.63, 3.8) is 0 Å². The normalized spacial score (nSPS) is 11.6. The van der Waals surface area contributed by atoms with Crippen molar-refractivity contribution in [2.45, 2.75) is 39.3 Å². The van der Waals surface area contributed by atoms with Gasteiger partial charge in [-0.05, 0) is 25.0 Å². The van der Waals surface area contributed by atoms with E-state index in [0.717, 1.165) is 0 Å². The summed E-state index contributed by atoms with van der Waals surface area (Å²) in [6, 6.07) is 4.80. The summed E-state index contributed by atoms with van der Waals surface area (Å²) in [7, 11) is 0. The van der Waals surface area contributed by atoms with Gasteiger partial charge >= 0.3 is 6.18 Å². The molecule has 0 N–H and O–H groups in total. The quantitative estimate of drug-likeness (QED) is 0.484. The first kappa shape index (κ1) is 22.6. The molecule has 0 amide bonds. The van der Waals surface area contributed by atoms with E-state index >= 15 is 0 Å². The van der Waals surface area contributed by atoms with Crippen LogP contribution in [-0.4, -0.2) is 11.6 Å². The number of carbonyl (C=O) groups is 2. The largest absolute Gasteiger partial charge is 0.422 e. The third-order valence-electron chi connectivity index (χ3n) is 4.06. The highest BCUT2D eigenvalue weighted by molar-refractivity contribution is 5.83. The van der Waals surface area contributed by atoms with Crippen molar-refractivity contribution in [1.82, 2.24) is 0 Å². The van der Waals surface area contributed by atoms with Crippen molar-refractivity contribution < 1.29 is 40.3 Å². The number of carbonyl (C=O) groups excluding carboxylic acids is 2. The van der Waals surface area contributed by atoms with Gasteiger partial charge in [-0.2, -0.15) is 13.2 Å². The zero-order valence-corrected chi connectivity index (χ0v) is 15.3. The lowest BCUT2D eigenvalue weighted by molar-refractivity contribution is -0.143. The number of hydrogen-bond donors (Lipinski definition) is 0. The van der Waals surface area contributed by atoms with Crippen LogP contribution in [0.2, 0.25) is 0 Å². The van der Waals surface area contributed by atoms with Crippen molar-refractivity contribution in [1.29, 1.82) is 0 Å². The zero-order chi connectivity index (χ0) is 22.1. The lowest BCUT2D eigenvalue weighted by Crippen LogP contribution is -2.19. The molecule has 0 heterocycles. The van der Waals surface area contributed by atoms with E-state index in [2.05, 4.69) is 0 Å². The summed E-state index contributed by atoms with van der Waals surface area (Å²) in [5.74, 6) is -10.7. The number of benzene rings is 2. The summed E-state index contributed by atoms with van der Waals surface area (Å²) in [5, 5.41) is 0. The highest BCUT2D eigenvalue weighted by Gasteiger charge is 2.42. The van der Waals surface area contributed by atoms with E-state index in [-0.39, 0.29) is 12.2 Å².